The van der Waals surface area contributed by atoms with Crippen LogP contribution in [0.25, 0.3) is 21.5 Å². The second-order valence-electron chi connectivity index (χ2n) is 5.91. The van der Waals surface area contributed by atoms with E-state index in [-0.39, 0.29) is 0 Å². The fourth-order valence-corrected chi connectivity index (χ4v) is 3.12. The van der Waals surface area contributed by atoms with E-state index >= 15 is 0 Å². The van der Waals surface area contributed by atoms with E-state index in [4.69, 9.17) is 0 Å². The van der Waals surface area contributed by atoms with Crippen LogP contribution >= 0.6 is 0 Å². The highest BCUT2D eigenvalue weighted by molar-refractivity contribution is 6.05. The van der Waals surface area contributed by atoms with Gasteiger partial charge in [0.2, 0.25) is 0 Å². The Hall–Kier alpha value is -1.86. The van der Waals surface area contributed by atoms with Crippen LogP contribution in [-0.2, 0) is 6.54 Å². The van der Waals surface area contributed by atoms with E-state index in [9.17, 15) is 0 Å². The van der Waals surface area contributed by atoms with E-state index in [0.29, 0.717) is 0 Å². The minimum atomic E-state index is 0.987. The summed E-state index contributed by atoms with van der Waals surface area (Å²) in [4.78, 5) is 2.21. The van der Waals surface area contributed by atoms with Gasteiger partial charge in [-0.3, -0.25) is 0 Å². The van der Waals surface area contributed by atoms with E-state index in [1.165, 1.54) is 38.2 Å². The lowest BCUT2D eigenvalue weighted by molar-refractivity contribution is 0.403. The summed E-state index contributed by atoms with van der Waals surface area (Å²) >= 11 is 0. The Bertz CT molecular complexity index is 784. The van der Waals surface area contributed by atoms with Crippen molar-refractivity contribution >= 4 is 21.5 Å². The van der Waals surface area contributed by atoms with Crippen LogP contribution < -0.4 is 0 Å². The molecular formula is C19H21N. The minimum absolute atomic E-state index is 0.987. The fraction of sp³-hybridized carbons (Fsp3) is 0.263. The Morgan fingerprint density at radius 1 is 0.750 bits per heavy atom. The summed E-state index contributed by atoms with van der Waals surface area (Å²) in [5.41, 5.74) is 4.15. The number of fused-ring (bicyclic) bond motifs is 2. The van der Waals surface area contributed by atoms with E-state index in [1.807, 2.05) is 0 Å². The van der Waals surface area contributed by atoms with Gasteiger partial charge >= 0.3 is 0 Å². The first kappa shape index (κ1) is 13.1. The first-order valence-corrected chi connectivity index (χ1v) is 7.13. The molecule has 3 rings (SSSR count). The standard InChI is InChI=1S/C19H21N/c1-13-16-7-5-6-8-17(16)14(2)19-11-15(12-20(3)4)9-10-18(13)19/h5-11H,12H2,1-4H3. The summed E-state index contributed by atoms with van der Waals surface area (Å²) < 4.78 is 0. The molecule has 0 aliphatic heterocycles. The van der Waals surface area contributed by atoms with Gasteiger partial charge in [-0.1, -0.05) is 36.4 Å². The van der Waals surface area contributed by atoms with Crippen molar-refractivity contribution in [2.45, 2.75) is 20.4 Å². The molecule has 1 nitrogen and oxygen atoms in total. The second-order valence-corrected chi connectivity index (χ2v) is 5.91. The van der Waals surface area contributed by atoms with Gasteiger partial charge in [0.15, 0.2) is 0 Å². The van der Waals surface area contributed by atoms with Crippen LogP contribution in [0.4, 0.5) is 0 Å². The van der Waals surface area contributed by atoms with E-state index in [1.54, 1.807) is 0 Å². The molecule has 3 aromatic carbocycles. The number of hydrogen-bond donors (Lipinski definition) is 0. The van der Waals surface area contributed by atoms with Gasteiger partial charge < -0.3 is 4.90 Å². The molecule has 20 heavy (non-hydrogen) atoms. The van der Waals surface area contributed by atoms with Crippen molar-refractivity contribution < 1.29 is 0 Å². The SMILES string of the molecule is Cc1c2ccccc2c(C)c2cc(CN(C)C)ccc12. The zero-order valence-electron chi connectivity index (χ0n) is 12.7. The van der Waals surface area contributed by atoms with Crippen molar-refractivity contribution in [2.24, 2.45) is 0 Å². The molecule has 102 valence electrons. The summed E-state index contributed by atoms with van der Waals surface area (Å²) in [5, 5.41) is 5.52. The minimum Gasteiger partial charge on any atom is -0.305 e. The summed E-state index contributed by atoms with van der Waals surface area (Å²) in [5.74, 6) is 0. The summed E-state index contributed by atoms with van der Waals surface area (Å²) in [7, 11) is 4.23. The largest absolute Gasteiger partial charge is 0.305 e. The molecule has 0 radical (unpaired) electrons. The molecule has 0 bridgehead atoms. The molecule has 0 atom stereocenters. The monoisotopic (exact) mass is 263 g/mol. The van der Waals surface area contributed by atoms with Gasteiger partial charge in [-0.05, 0) is 72.2 Å². The maximum atomic E-state index is 2.35. The Balaban J connectivity index is 2.35. The van der Waals surface area contributed by atoms with Crippen molar-refractivity contribution in [3.63, 3.8) is 0 Å². The Labute approximate surface area is 120 Å². The highest BCUT2D eigenvalue weighted by Gasteiger charge is 2.09. The quantitative estimate of drug-likeness (QED) is 0.607. The molecule has 0 aliphatic carbocycles. The van der Waals surface area contributed by atoms with Crippen molar-refractivity contribution in [1.29, 1.82) is 0 Å². The van der Waals surface area contributed by atoms with Crippen LogP contribution in [-0.4, -0.2) is 19.0 Å². The van der Waals surface area contributed by atoms with Gasteiger partial charge in [0.05, 0.1) is 0 Å². The van der Waals surface area contributed by atoms with Gasteiger partial charge in [-0.15, -0.1) is 0 Å². The smallest absolute Gasteiger partial charge is 0.0227 e. The van der Waals surface area contributed by atoms with Crippen LogP contribution in [0.1, 0.15) is 16.7 Å². The number of aryl methyl sites for hydroxylation is 2. The average molecular weight is 263 g/mol. The lowest BCUT2D eigenvalue weighted by Gasteiger charge is -2.15. The van der Waals surface area contributed by atoms with Crippen molar-refractivity contribution in [3.8, 4) is 0 Å². The van der Waals surface area contributed by atoms with Crippen LogP contribution in [0.15, 0.2) is 42.5 Å². The topological polar surface area (TPSA) is 3.24 Å². The molecule has 3 aromatic rings. The van der Waals surface area contributed by atoms with Gasteiger partial charge in [0.1, 0.15) is 0 Å². The fourth-order valence-electron chi connectivity index (χ4n) is 3.12. The molecule has 0 unspecified atom stereocenters. The molecule has 0 N–H and O–H groups in total. The van der Waals surface area contributed by atoms with Gasteiger partial charge in [-0.2, -0.15) is 0 Å². The van der Waals surface area contributed by atoms with E-state index < -0.39 is 0 Å². The molecule has 1 heteroatoms. The van der Waals surface area contributed by atoms with Crippen molar-refractivity contribution in [3.05, 3.63) is 59.2 Å². The molecule has 0 spiro atoms. The highest BCUT2D eigenvalue weighted by atomic mass is 15.0. The molecule has 0 aliphatic rings. The number of hydrogen-bond acceptors (Lipinski definition) is 1. The number of rotatable bonds is 2. The highest BCUT2D eigenvalue weighted by Crippen LogP contribution is 2.32. The Morgan fingerprint density at radius 2 is 1.30 bits per heavy atom. The summed E-state index contributed by atoms with van der Waals surface area (Å²) in [6.45, 7) is 5.46. The Morgan fingerprint density at radius 3 is 1.90 bits per heavy atom. The Kier molecular flexibility index (Phi) is 3.23. The predicted octanol–water partition coefficient (Wildman–Crippen LogP) is 4.67. The summed E-state index contributed by atoms with van der Waals surface area (Å²) in [6, 6.07) is 15.6. The maximum absolute atomic E-state index is 2.35. The lowest BCUT2D eigenvalue weighted by atomic mass is 9.92. The first-order valence-electron chi connectivity index (χ1n) is 7.13. The maximum Gasteiger partial charge on any atom is 0.0227 e. The van der Waals surface area contributed by atoms with Gasteiger partial charge in [-0.25, -0.2) is 0 Å². The first-order chi connectivity index (χ1) is 9.58. The number of benzene rings is 3. The number of nitrogens with zero attached hydrogens (tertiary/aromatic N) is 1. The third-order valence-corrected chi connectivity index (χ3v) is 4.13. The molecule has 0 saturated heterocycles. The third kappa shape index (κ3) is 2.08. The van der Waals surface area contributed by atoms with Crippen LogP contribution in [0, 0.1) is 13.8 Å². The normalized spacial score (nSPS) is 11.7. The lowest BCUT2D eigenvalue weighted by Crippen LogP contribution is -2.10. The molecule has 0 amide bonds. The summed E-state index contributed by atoms with van der Waals surface area (Å²) in [6.07, 6.45) is 0. The van der Waals surface area contributed by atoms with E-state index in [0.717, 1.165) is 6.54 Å². The average Bonchev–Trinajstić information content (AvgIpc) is 2.44. The van der Waals surface area contributed by atoms with Crippen LogP contribution in [0.2, 0.25) is 0 Å². The molecule has 0 aromatic heterocycles. The molecule has 0 heterocycles. The predicted molar refractivity (Wildman–Crippen MR) is 88.3 cm³/mol. The van der Waals surface area contributed by atoms with Crippen LogP contribution in [0.5, 0.6) is 0 Å². The van der Waals surface area contributed by atoms with Crippen LogP contribution in [0.3, 0.4) is 0 Å². The molecule has 0 saturated carbocycles. The third-order valence-electron chi connectivity index (χ3n) is 4.13. The molecular weight excluding hydrogens is 242 g/mol. The second kappa shape index (κ2) is 4.92. The zero-order valence-corrected chi connectivity index (χ0v) is 12.7. The van der Waals surface area contributed by atoms with Crippen molar-refractivity contribution in [1.82, 2.24) is 4.90 Å². The van der Waals surface area contributed by atoms with Gasteiger partial charge in [0, 0.05) is 6.54 Å². The zero-order chi connectivity index (χ0) is 14.3. The molecule has 0 fully saturated rings. The van der Waals surface area contributed by atoms with Gasteiger partial charge in [0.25, 0.3) is 0 Å². The van der Waals surface area contributed by atoms with Crippen molar-refractivity contribution in [2.75, 3.05) is 14.1 Å². The van der Waals surface area contributed by atoms with E-state index in [2.05, 4.69) is 75.3 Å².